The van der Waals surface area contributed by atoms with Crippen LogP contribution in [0.2, 0.25) is 0 Å². The summed E-state index contributed by atoms with van der Waals surface area (Å²) in [5.74, 6) is 1.02. The number of hydrogen-bond acceptors (Lipinski definition) is 3. The van der Waals surface area contributed by atoms with Crippen LogP contribution in [-0.4, -0.2) is 27.7 Å². The van der Waals surface area contributed by atoms with E-state index >= 15 is 0 Å². The molecule has 0 amide bonds. The number of imidazole rings is 1. The third-order valence-corrected chi connectivity index (χ3v) is 3.84. The molecule has 0 aliphatic rings. The molecule has 114 valence electrons. The molecular formula is C18H21N3O. The van der Waals surface area contributed by atoms with E-state index in [2.05, 4.69) is 38.8 Å². The highest BCUT2D eigenvalue weighted by Gasteiger charge is 2.07. The van der Waals surface area contributed by atoms with Gasteiger partial charge in [-0.3, -0.25) is 4.98 Å². The first kappa shape index (κ1) is 14.7. The Morgan fingerprint density at radius 2 is 1.86 bits per heavy atom. The standard InChI is InChI=1S/C18H21N3O/c1-3-22-11-9-15-4-6-16(7-5-15)13-21-14(2)20-17-8-10-19-12-18(17)21/h4-8,10,12H,3,9,11,13H2,1-2H3. The molecule has 3 rings (SSSR count). The number of aromatic nitrogens is 3. The molecule has 0 bridgehead atoms. The van der Waals surface area contributed by atoms with E-state index in [0.29, 0.717) is 0 Å². The molecule has 2 heterocycles. The minimum atomic E-state index is 0.777. The summed E-state index contributed by atoms with van der Waals surface area (Å²) in [5.41, 5.74) is 4.67. The van der Waals surface area contributed by atoms with E-state index in [-0.39, 0.29) is 0 Å². The largest absolute Gasteiger partial charge is 0.381 e. The molecule has 1 aromatic carbocycles. The van der Waals surface area contributed by atoms with E-state index in [1.54, 1.807) is 6.20 Å². The monoisotopic (exact) mass is 295 g/mol. The van der Waals surface area contributed by atoms with E-state index in [4.69, 9.17) is 4.74 Å². The summed E-state index contributed by atoms with van der Waals surface area (Å²) in [6, 6.07) is 10.7. The predicted molar refractivity (Wildman–Crippen MR) is 88.0 cm³/mol. The molecule has 0 saturated carbocycles. The molecule has 0 spiro atoms. The van der Waals surface area contributed by atoms with Crippen LogP contribution >= 0.6 is 0 Å². The Kier molecular flexibility index (Phi) is 4.49. The summed E-state index contributed by atoms with van der Waals surface area (Å²) in [7, 11) is 0. The van der Waals surface area contributed by atoms with Crippen LogP contribution in [0, 0.1) is 6.92 Å². The van der Waals surface area contributed by atoms with Gasteiger partial charge in [-0.15, -0.1) is 0 Å². The van der Waals surface area contributed by atoms with E-state index in [1.165, 1.54) is 11.1 Å². The van der Waals surface area contributed by atoms with Gasteiger partial charge in [0, 0.05) is 19.3 Å². The molecular weight excluding hydrogens is 274 g/mol. The third kappa shape index (κ3) is 3.17. The number of rotatable bonds is 6. The predicted octanol–water partition coefficient (Wildman–Crippen LogP) is 3.37. The van der Waals surface area contributed by atoms with Gasteiger partial charge >= 0.3 is 0 Å². The zero-order valence-corrected chi connectivity index (χ0v) is 13.1. The number of hydrogen-bond donors (Lipinski definition) is 0. The second-order valence-corrected chi connectivity index (χ2v) is 5.37. The highest BCUT2D eigenvalue weighted by molar-refractivity contribution is 5.74. The Hall–Kier alpha value is -2.20. The van der Waals surface area contributed by atoms with Crippen LogP contribution in [0.15, 0.2) is 42.7 Å². The van der Waals surface area contributed by atoms with Crippen molar-refractivity contribution in [1.82, 2.24) is 14.5 Å². The SMILES string of the molecule is CCOCCc1ccc(Cn2c(C)nc3ccncc32)cc1. The molecule has 4 nitrogen and oxygen atoms in total. The maximum absolute atomic E-state index is 5.40. The fourth-order valence-corrected chi connectivity index (χ4v) is 2.62. The van der Waals surface area contributed by atoms with Crippen molar-refractivity contribution in [3.63, 3.8) is 0 Å². The topological polar surface area (TPSA) is 39.9 Å². The third-order valence-electron chi connectivity index (χ3n) is 3.84. The Labute approximate surface area is 130 Å². The molecule has 0 aliphatic carbocycles. The van der Waals surface area contributed by atoms with Crippen molar-refractivity contribution >= 4 is 11.0 Å². The Balaban J connectivity index is 1.76. The van der Waals surface area contributed by atoms with E-state index < -0.39 is 0 Å². The molecule has 0 N–H and O–H groups in total. The van der Waals surface area contributed by atoms with Gasteiger partial charge in [-0.1, -0.05) is 24.3 Å². The highest BCUT2D eigenvalue weighted by Crippen LogP contribution is 2.16. The summed E-state index contributed by atoms with van der Waals surface area (Å²) in [4.78, 5) is 8.79. The van der Waals surface area contributed by atoms with Crippen molar-refractivity contribution in [2.75, 3.05) is 13.2 Å². The van der Waals surface area contributed by atoms with Crippen molar-refractivity contribution in [3.8, 4) is 0 Å². The summed E-state index contributed by atoms with van der Waals surface area (Å²) < 4.78 is 7.60. The highest BCUT2D eigenvalue weighted by atomic mass is 16.5. The van der Waals surface area contributed by atoms with Crippen LogP contribution < -0.4 is 0 Å². The van der Waals surface area contributed by atoms with Crippen LogP contribution in [0.1, 0.15) is 23.9 Å². The second-order valence-electron chi connectivity index (χ2n) is 5.37. The number of ether oxygens (including phenoxy) is 1. The molecule has 0 saturated heterocycles. The number of pyridine rings is 1. The minimum Gasteiger partial charge on any atom is -0.381 e. The summed E-state index contributed by atoms with van der Waals surface area (Å²) in [5, 5.41) is 0. The van der Waals surface area contributed by atoms with Gasteiger partial charge in [0.15, 0.2) is 0 Å². The zero-order chi connectivity index (χ0) is 15.4. The van der Waals surface area contributed by atoms with E-state index in [0.717, 1.165) is 43.0 Å². The van der Waals surface area contributed by atoms with E-state index in [1.807, 2.05) is 26.1 Å². The van der Waals surface area contributed by atoms with Crippen molar-refractivity contribution in [1.29, 1.82) is 0 Å². The van der Waals surface area contributed by atoms with Gasteiger partial charge in [0.2, 0.25) is 0 Å². The van der Waals surface area contributed by atoms with Gasteiger partial charge in [-0.2, -0.15) is 0 Å². The van der Waals surface area contributed by atoms with Gasteiger partial charge in [-0.25, -0.2) is 4.98 Å². The number of fused-ring (bicyclic) bond motifs is 1. The summed E-state index contributed by atoms with van der Waals surface area (Å²) in [6.07, 6.45) is 4.63. The van der Waals surface area contributed by atoms with Crippen LogP contribution in [0.4, 0.5) is 0 Å². The first-order valence-corrected chi connectivity index (χ1v) is 7.70. The molecule has 0 radical (unpaired) electrons. The Morgan fingerprint density at radius 1 is 1.09 bits per heavy atom. The molecule has 22 heavy (non-hydrogen) atoms. The molecule has 0 atom stereocenters. The molecule has 0 unspecified atom stereocenters. The van der Waals surface area contributed by atoms with Crippen LogP contribution in [0.25, 0.3) is 11.0 Å². The quantitative estimate of drug-likeness (QED) is 0.655. The zero-order valence-electron chi connectivity index (χ0n) is 13.1. The first-order chi connectivity index (χ1) is 10.8. The Bertz CT molecular complexity index is 747. The molecule has 2 aromatic heterocycles. The lowest BCUT2D eigenvalue weighted by Gasteiger charge is -2.08. The van der Waals surface area contributed by atoms with Crippen molar-refractivity contribution in [2.24, 2.45) is 0 Å². The fourth-order valence-electron chi connectivity index (χ4n) is 2.62. The van der Waals surface area contributed by atoms with E-state index in [9.17, 15) is 0 Å². The maximum Gasteiger partial charge on any atom is 0.107 e. The number of nitrogens with zero attached hydrogens (tertiary/aromatic N) is 3. The lowest BCUT2D eigenvalue weighted by Crippen LogP contribution is -2.03. The van der Waals surface area contributed by atoms with Crippen LogP contribution in [-0.2, 0) is 17.7 Å². The van der Waals surface area contributed by atoms with Gasteiger partial charge in [0.25, 0.3) is 0 Å². The normalized spacial score (nSPS) is 11.2. The van der Waals surface area contributed by atoms with Crippen molar-refractivity contribution in [3.05, 3.63) is 59.7 Å². The first-order valence-electron chi connectivity index (χ1n) is 7.70. The van der Waals surface area contributed by atoms with Crippen LogP contribution in [0.5, 0.6) is 0 Å². The molecule has 3 aromatic rings. The number of benzene rings is 1. The van der Waals surface area contributed by atoms with Crippen molar-refractivity contribution in [2.45, 2.75) is 26.8 Å². The van der Waals surface area contributed by atoms with Gasteiger partial charge < -0.3 is 9.30 Å². The summed E-state index contributed by atoms with van der Waals surface area (Å²) in [6.45, 7) is 6.44. The van der Waals surface area contributed by atoms with Crippen molar-refractivity contribution < 1.29 is 4.74 Å². The Morgan fingerprint density at radius 3 is 2.64 bits per heavy atom. The fraction of sp³-hybridized carbons (Fsp3) is 0.333. The molecule has 4 heteroatoms. The average molecular weight is 295 g/mol. The smallest absolute Gasteiger partial charge is 0.107 e. The van der Waals surface area contributed by atoms with Gasteiger partial charge in [-0.05, 0) is 37.5 Å². The maximum atomic E-state index is 5.40. The van der Waals surface area contributed by atoms with Gasteiger partial charge in [0.1, 0.15) is 5.82 Å². The lowest BCUT2D eigenvalue weighted by atomic mass is 10.1. The lowest BCUT2D eigenvalue weighted by molar-refractivity contribution is 0.151. The minimum absolute atomic E-state index is 0.777. The number of aryl methyl sites for hydroxylation is 1. The van der Waals surface area contributed by atoms with Gasteiger partial charge in [0.05, 0.1) is 23.8 Å². The molecule has 0 aliphatic heterocycles. The average Bonchev–Trinajstić information content (AvgIpc) is 2.85. The summed E-state index contributed by atoms with van der Waals surface area (Å²) >= 11 is 0. The second kappa shape index (κ2) is 6.71. The van der Waals surface area contributed by atoms with Crippen LogP contribution in [0.3, 0.4) is 0 Å². The molecule has 0 fully saturated rings.